The molecule has 1 aromatic heterocycles. The molecule has 1 aromatic carbocycles. The first-order valence-corrected chi connectivity index (χ1v) is 6.96. The molecule has 2 rings (SSSR count). The summed E-state index contributed by atoms with van der Waals surface area (Å²) in [6.07, 6.45) is 0. The van der Waals surface area contributed by atoms with Gasteiger partial charge in [-0.1, -0.05) is 17.7 Å². The highest BCUT2D eigenvalue weighted by Crippen LogP contribution is 2.30. The van der Waals surface area contributed by atoms with Crippen LogP contribution in [0.25, 0.3) is 0 Å². The number of hydrogen-bond acceptors (Lipinski definition) is 2. The monoisotopic (exact) mass is 313 g/mol. The Morgan fingerprint density at radius 3 is 2.71 bits per heavy atom. The molecule has 4 heteroatoms. The van der Waals surface area contributed by atoms with Crippen molar-refractivity contribution in [3.05, 3.63) is 55.9 Å². The highest BCUT2D eigenvalue weighted by Gasteiger charge is 2.17. The normalized spacial score (nSPS) is 12.7. The van der Waals surface area contributed by atoms with Gasteiger partial charge in [-0.15, -0.1) is 11.3 Å². The van der Waals surface area contributed by atoms with Gasteiger partial charge in [-0.25, -0.2) is 4.39 Å². The zero-order valence-electron chi connectivity index (χ0n) is 9.63. The minimum atomic E-state index is -0.169. The van der Waals surface area contributed by atoms with Gasteiger partial charge in [0.2, 0.25) is 0 Å². The molecule has 90 valence electrons. The number of hydrogen-bond donors (Lipinski definition) is 1. The third-order valence-corrected chi connectivity index (χ3v) is 4.19. The summed E-state index contributed by atoms with van der Waals surface area (Å²) in [6.45, 7) is 1.97. The predicted molar refractivity (Wildman–Crippen MR) is 74.1 cm³/mol. The Balaban J connectivity index is 2.45. The van der Waals surface area contributed by atoms with Crippen molar-refractivity contribution in [1.82, 2.24) is 5.32 Å². The maximum atomic E-state index is 13.9. The van der Waals surface area contributed by atoms with Crippen LogP contribution in [-0.2, 0) is 0 Å². The lowest BCUT2D eigenvalue weighted by atomic mass is 9.99. The van der Waals surface area contributed by atoms with Crippen molar-refractivity contribution >= 4 is 27.3 Å². The summed E-state index contributed by atoms with van der Waals surface area (Å²) in [7, 11) is 1.85. The summed E-state index contributed by atoms with van der Waals surface area (Å²) in [4.78, 5) is 0. The lowest BCUT2D eigenvalue weighted by Gasteiger charge is -2.16. The van der Waals surface area contributed by atoms with Gasteiger partial charge in [0.15, 0.2) is 0 Å². The largest absolute Gasteiger partial charge is 0.309 e. The molecule has 1 nitrogen and oxygen atoms in total. The third kappa shape index (κ3) is 2.76. The van der Waals surface area contributed by atoms with E-state index in [9.17, 15) is 4.39 Å². The maximum absolute atomic E-state index is 13.9. The van der Waals surface area contributed by atoms with Gasteiger partial charge in [-0.3, -0.25) is 0 Å². The molecule has 0 saturated carbocycles. The van der Waals surface area contributed by atoms with Crippen molar-refractivity contribution in [3.8, 4) is 0 Å². The molecule has 0 spiro atoms. The first-order valence-electron chi connectivity index (χ1n) is 5.29. The number of thiophene rings is 1. The molecule has 0 saturated heterocycles. The van der Waals surface area contributed by atoms with Crippen LogP contribution in [0, 0.1) is 12.7 Å². The van der Waals surface area contributed by atoms with Gasteiger partial charge < -0.3 is 5.32 Å². The molecular weight excluding hydrogens is 301 g/mol. The number of benzene rings is 1. The Bertz CT molecular complexity index is 524. The van der Waals surface area contributed by atoms with Crippen molar-refractivity contribution in [1.29, 1.82) is 0 Å². The van der Waals surface area contributed by atoms with Crippen LogP contribution in [0.15, 0.2) is 33.4 Å². The Kier molecular flexibility index (Phi) is 3.97. The molecule has 17 heavy (non-hydrogen) atoms. The molecule has 1 atom stereocenters. The smallest absolute Gasteiger partial charge is 0.128 e. The second-order valence-corrected chi connectivity index (χ2v) is 6.22. The first kappa shape index (κ1) is 12.7. The summed E-state index contributed by atoms with van der Waals surface area (Å²) >= 11 is 5.04. The number of rotatable bonds is 3. The minimum Gasteiger partial charge on any atom is -0.309 e. The van der Waals surface area contributed by atoms with E-state index in [0.717, 1.165) is 14.9 Å². The van der Waals surface area contributed by atoms with Crippen LogP contribution in [0.5, 0.6) is 0 Å². The second-order valence-electron chi connectivity index (χ2n) is 3.93. The summed E-state index contributed by atoms with van der Waals surface area (Å²) in [5.41, 5.74) is 2.84. The summed E-state index contributed by atoms with van der Waals surface area (Å²) in [5, 5.41) is 5.20. The van der Waals surface area contributed by atoms with Crippen LogP contribution >= 0.6 is 27.3 Å². The predicted octanol–water partition coefficient (Wildman–Crippen LogP) is 4.27. The minimum absolute atomic E-state index is 0.0996. The fraction of sp³-hybridized carbons (Fsp3) is 0.231. The van der Waals surface area contributed by atoms with Gasteiger partial charge in [0.25, 0.3) is 0 Å². The van der Waals surface area contributed by atoms with Crippen LogP contribution in [0.4, 0.5) is 4.39 Å². The third-order valence-electron chi connectivity index (χ3n) is 2.67. The van der Waals surface area contributed by atoms with Crippen molar-refractivity contribution in [2.24, 2.45) is 0 Å². The topological polar surface area (TPSA) is 12.0 Å². The molecule has 1 N–H and O–H groups in total. The van der Waals surface area contributed by atoms with E-state index in [-0.39, 0.29) is 11.9 Å². The molecule has 1 unspecified atom stereocenters. The fourth-order valence-electron chi connectivity index (χ4n) is 1.86. The second kappa shape index (κ2) is 5.29. The molecule has 2 aromatic rings. The van der Waals surface area contributed by atoms with E-state index in [0.29, 0.717) is 5.56 Å². The van der Waals surface area contributed by atoms with Gasteiger partial charge in [0.05, 0.1) is 9.83 Å². The van der Waals surface area contributed by atoms with Gasteiger partial charge in [0.1, 0.15) is 5.82 Å². The molecule has 0 radical (unpaired) electrons. The molecule has 0 bridgehead atoms. The fourth-order valence-corrected chi connectivity index (χ4v) is 3.06. The first-order chi connectivity index (χ1) is 8.11. The molecule has 0 amide bonds. The molecular formula is C13H13BrFNS. The Labute approximate surface area is 113 Å². The average Bonchev–Trinajstić information content (AvgIpc) is 2.71. The van der Waals surface area contributed by atoms with E-state index < -0.39 is 0 Å². The Morgan fingerprint density at radius 2 is 2.12 bits per heavy atom. The van der Waals surface area contributed by atoms with Crippen molar-refractivity contribution < 1.29 is 4.39 Å². The zero-order valence-corrected chi connectivity index (χ0v) is 12.0. The summed E-state index contributed by atoms with van der Waals surface area (Å²) in [6, 6.07) is 7.12. The zero-order chi connectivity index (χ0) is 12.4. The molecule has 0 aliphatic carbocycles. The van der Waals surface area contributed by atoms with Gasteiger partial charge in [-0.05, 0) is 53.0 Å². The standard InChI is InChI=1S/C13H13BrFNS/c1-8-3-4-11(15)10(5-8)13(16-2)9-6-12(14)17-7-9/h3-7,13,16H,1-2H3. The van der Waals surface area contributed by atoms with Crippen LogP contribution in [0.2, 0.25) is 0 Å². The van der Waals surface area contributed by atoms with E-state index in [1.54, 1.807) is 17.4 Å². The maximum Gasteiger partial charge on any atom is 0.128 e. The summed E-state index contributed by atoms with van der Waals surface area (Å²) < 4.78 is 14.9. The average molecular weight is 314 g/mol. The quantitative estimate of drug-likeness (QED) is 0.892. The molecule has 1 heterocycles. The van der Waals surface area contributed by atoms with Gasteiger partial charge in [-0.2, -0.15) is 0 Å². The van der Waals surface area contributed by atoms with Crippen molar-refractivity contribution in [2.75, 3.05) is 7.05 Å². The van der Waals surface area contributed by atoms with E-state index in [1.807, 2.05) is 31.5 Å². The molecule has 0 aliphatic heterocycles. The highest BCUT2D eigenvalue weighted by molar-refractivity contribution is 9.11. The van der Waals surface area contributed by atoms with Crippen LogP contribution < -0.4 is 5.32 Å². The number of aryl methyl sites for hydroxylation is 1. The van der Waals surface area contributed by atoms with E-state index in [2.05, 4.69) is 21.2 Å². The van der Waals surface area contributed by atoms with Crippen molar-refractivity contribution in [2.45, 2.75) is 13.0 Å². The Morgan fingerprint density at radius 1 is 1.35 bits per heavy atom. The number of halogens is 2. The van der Waals surface area contributed by atoms with Gasteiger partial charge >= 0.3 is 0 Å². The highest BCUT2D eigenvalue weighted by atomic mass is 79.9. The van der Waals surface area contributed by atoms with E-state index in [1.165, 1.54) is 6.07 Å². The van der Waals surface area contributed by atoms with E-state index in [4.69, 9.17) is 0 Å². The van der Waals surface area contributed by atoms with Gasteiger partial charge in [0, 0.05) is 5.56 Å². The van der Waals surface area contributed by atoms with E-state index >= 15 is 0 Å². The molecule has 0 fully saturated rings. The molecule has 0 aliphatic rings. The Hall–Kier alpha value is -0.710. The lowest BCUT2D eigenvalue weighted by molar-refractivity contribution is 0.576. The SMILES string of the molecule is CNC(c1csc(Br)c1)c1cc(C)ccc1F. The summed E-state index contributed by atoms with van der Waals surface area (Å²) in [5.74, 6) is -0.169. The van der Waals surface area contributed by atoms with Crippen LogP contribution in [-0.4, -0.2) is 7.05 Å². The van der Waals surface area contributed by atoms with Crippen molar-refractivity contribution in [3.63, 3.8) is 0 Å². The van der Waals surface area contributed by atoms with Crippen LogP contribution in [0.3, 0.4) is 0 Å². The number of nitrogens with one attached hydrogen (secondary N) is 1. The van der Waals surface area contributed by atoms with Crippen LogP contribution in [0.1, 0.15) is 22.7 Å². The lowest BCUT2D eigenvalue weighted by Crippen LogP contribution is -2.18.